The van der Waals surface area contributed by atoms with E-state index in [0.717, 1.165) is 4.31 Å². The van der Waals surface area contributed by atoms with Gasteiger partial charge in [0.15, 0.2) is 5.54 Å². The molecule has 0 aromatic heterocycles. The fraction of sp³-hybridized carbons (Fsp3) is 0.432. The standard InChI is InChI=1S/C37H43ClN4O10S/c1-39(2)35(44)30-21-26(52-34(43)14-15-40-16-18-51-19-17-40)23-41(30)37(27-8-6-7-9-31(27)49-4)28-20-24(38)10-12-29(28)42(36(37)45)53(46,47)33-13-11-25(48-3)22-32(33)50-5/h6-13,20,22,26,30H,14-19,21,23H2,1-5H3/t26-,30+,37?/m1/s1. The van der Waals surface area contributed by atoms with Crippen LogP contribution in [-0.2, 0) is 39.4 Å². The van der Waals surface area contributed by atoms with Crippen molar-refractivity contribution in [3.8, 4) is 17.2 Å². The van der Waals surface area contributed by atoms with Crippen molar-refractivity contribution in [3.63, 3.8) is 0 Å². The number of hydrogen-bond acceptors (Lipinski definition) is 12. The molecule has 2 saturated heterocycles. The first-order valence-corrected chi connectivity index (χ1v) is 18.9. The van der Waals surface area contributed by atoms with Crippen LogP contribution in [0.1, 0.15) is 24.0 Å². The molecule has 16 heteroatoms. The predicted octanol–water partition coefficient (Wildman–Crippen LogP) is 3.14. The number of halogens is 1. The van der Waals surface area contributed by atoms with Crippen molar-refractivity contribution >= 4 is 45.1 Å². The molecule has 14 nitrogen and oxygen atoms in total. The number of rotatable bonds is 12. The average molecular weight is 771 g/mol. The quantitative estimate of drug-likeness (QED) is 0.250. The molecule has 0 N–H and O–H groups in total. The second-order valence-electron chi connectivity index (χ2n) is 13.1. The van der Waals surface area contributed by atoms with Gasteiger partial charge in [0.25, 0.3) is 15.9 Å². The van der Waals surface area contributed by atoms with Crippen molar-refractivity contribution in [1.29, 1.82) is 0 Å². The van der Waals surface area contributed by atoms with Gasteiger partial charge in [-0.25, -0.2) is 12.7 Å². The number of para-hydroxylation sites is 1. The van der Waals surface area contributed by atoms with Crippen molar-refractivity contribution in [3.05, 3.63) is 76.8 Å². The Balaban J connectivity index is 1.52. The number of anilines is 1. The van der Waals surface area contributed by atoms with Gasteiger partial charge in [0.05, 0.1) is 52.7 Å². The van der Waals surface area contributed by atoms with Crippen LogP contribution in [0.3, 0.4) is 0 Å². The molecule has 3 aliphatic heterocycles. The minimum absolute atomic E-state index is 0.0187. The van der Waals surface area contributed by atoms with Crippen LogP contribution in [0, 0.1) is 0 Å². The van der Waals surface area contributed by atoms with Gasteiger partial charge in [-0.2, -0.15) is 0 Å². The summed E-state index contributed by atoms with van der Waals surface area (Å²) in [7, 11) is 2.65. The number of nitrogens with zero attached hydrogens (tertiary/aromatic N) is 4. The van der Waals surface area contributed by atoms with Gasteiger partial charge in [-0.3, -0.25) is 24.2 Å². The average Bonchev–Trinajstić information content (AvgIpc) is 3.69. The highest BCUT2D eigenvalue weighted by atomic mass is 35.5. The molecule has 6 rings (SSSR count). The van der Waals surface area contributed by atoms with Crippen molar-refractivity contribution in [2.24, 2.45) is 0 Å². The number of likely N-dealkylation sites (N-methyl/N-ethyl adjacent to an activating group) is 1. The molecule has 0 radical (unpaired) electrons. The minimum atomic E-state index is -4.72. The maximum absolute atomic E-state index is 15.6. The van der Waals surface area contributed by atoms with Crippen LogP contribution in [0.15, 0.2) is 65.6 Å². The Kier molecular flexibility index (Phi) is 11.2. The van der Waals surface area contributed by atoms with Crippen LogP contribution in [-0.4, -0.2) is 128 Å². The van der Waals surface area contributed by atoms with Gasteiger partial charge in [0.1, 0.15) is 28.2 Å². The summed E-state index contributed by atoms with van der Waals surface area (Å²) >= 11 is 6.65. The van der Waals surface area contributed by atoms with E-state index in [2.05, 4.69) is 4.90 Å². The van der Waals surface area contributed by atoms with Crippen LogP contribution >= 0.6 is 11.6 Å². The summed E-state index contributed by atoms with van der Waals surface area (Å²) in [4.78, 5) is 47.9. The summed E-state index contributed by atoms with van der Waals surface area (Å²) in [5.74, 6) is -1.18. The summed E-state index contributed by atoms with van der Waals surface area (Å²) in [5, 5.41) is 0.220. The van der Waals surface area contributed by atoms with E-state index in [-0.39, 0.29) is 63.5 Å². The van der Waals surface area contributed by atoms with Gasteiger partial charge < -0.3 is 28.6 Å². The zero-order valence-electron chi connectivity index (χ0n) is 30.2. The number of ether oxygens (including phenoxy) is 5. The summed E-state index contributed by atoms with van der Waals surface area (Å²) in [6.45, 7) is 2.97. The highest BCUT2D eigenvalue weighted by Crippen LogP contribution is 2.55. The highest BCUT2D eigenvalue weighted by molar-refractivity contribution is 7.93. The number of carbonyl (C=O) groups excluding carboxylic acids is 3. The van der Waals surface area contributed by atoms with Crippen LogP contribution in [0.25, 0.3) is 0 Å². The molecule has 0 bridgehead atoms. The first-order valence-electron chi connectivity index (χ1n) is 17.1. The van der Waals surface area contributed by atoms with Crippen molar-refractivity contribution in [2.75, 3.05) is 79.1 Å². The zero-order chi connectivity index (χ0) is 38.1. The number of esters is 1. The summed E-state index contributed by atoms with van der Waals surface area (Å²) in [6, 6.07) is 14.3. The van der Waals surface area contributed by atoms with Crippen LogP contribution in [0.2, 0.25) is 5.02 Å². The Bertz CT molecular complexity index is 1990. The Hall–Kier alpha value is -4.41. The van der Waals surface area contributed by atoms with E-state index in [1.54, 1.807) is 43.3 Å². The lowest BCUT2D eigenvalue weighted by Crippen LogP contribution is -2.59. The number of morpholine rings is 1. The molecule has 3 aromatic rings. The minimum Gasteiger partial charge on any atom is -0.497 e. The van der Waals surface area contributed by atoms with Gasteiger partial charge in [0, 0.05) is 68.9 Å². The van der Waals surface area contributed by atoms with Gasteiger partial charge >= 0.3 is 5.97 Å². The Labute approximate surface area is 314 Å². The van der Waals surface area contributed by atoms with Crippen molar-refractivity contribution in [2.45, 2.75) is 35.4 Å². The molecule has 53 heavy (non-hydrogen) atoms. The number of hydrogen-bond donors (Lipinski definition) is 0. The third-order valence-corrected chi connectivity index (χ3v) is 11.9. The molecule has 0 saturated carbocycles. The highest BCUT2D eigenvalue weighted by Gasteiger charge is 2.64. The van der Waals surface area contributed by atoms with Crippen molar-refractivity contribution in [1.82, 2.24) is 14.7 Å². The van der Waals surface area contributed by atoms with Gasteiger partial charge in [-0.1, -0.05) is 29.8 Å². The molecule has 3 aromatic carbocycles. The van der Waals surface area contributed by atoms with E-state index in [9.17, 15) is 18.0 Å². The number of methoxy groups -OCH3 is 3. The monoisotopic (exact) mass is 770 g/mol. The number of benzene rings is 3. The number of fused-ring (bicyclic) bond motifs is 1. The molecule has 3 aliphatic rings. The summed E-state index contributed by atoms with van der Waals surface area (Å²) in [5.41, 5.74) is -1.52. The second-order valence-corrected chi connectivity index (χ2v) is 15.3. The molecular weight excluding hydrogens is 728 g/mol. The molecule has 3 atom stereocenters. The second kappa shape index (κ2) is 15.5. The molecule has 1 unspecified atom stereocenters. The fourth-order valence-electron chi connectivity index (χ4n) is 7.41. The lowest BCUT2D eigenvalue weighted by atomic mass is 9.80. The van der Waals surface area contributed by atoms with E-state index < -0.39 is 39.6 Å². The molecule has 0 spiro atoms. The molecule has 2 fully saturated rings. The van der Waals surface area contributed by atoms with Crippen LogP contribution in [0.4, 0.5) is 5.69 Å². The largest absolute Gasteiger partial charge is 0.497 e. The maximum Gasteiger partial charge on any atom is 0.307 e. The molecule has 2 amide bonds. The van der Waals surface area contributed by atoms with E-state index in [1.165, 1.54) is 62.6 Å². The number of amides is 2. The number of carbonyl (C=O) groups is 3. The molecular formula is C37H43ClN4O10S. The van der Waals surface area contributed by atoms with Crippen molar-refractivity contribution < 1.29 is 46.5 Å². The van der Waals surface area contributed by atoms with Gasteiger partial charge in [-0.15, -0.1) is 0 Å². The zero-order valence-corrected chi connectivity index (χ0v) is 31.8. The number of likely N-dealkylation sites (tertiary alicyclic amines) is 1. The first kappa shape index (κ1) is 38.3. The van der Waals surface area contributed by atoms with Crippen LogP contribution in [0.5, 0.6) is 17.2 Å². The topological polar surface area (TPSA) is 144 Å². The molecule has 284 valence electrons. The SMILES string of the molecule is COc1ccc(S(=O)(=O)N2C(=O)C(c3ccccc3OC)(N3C[C@H](OC(=O)CCN4CCOCC4)C[C@H]3C(=O)N(C)C)c3cc(Cl)ccc32)c(OC)c1. The third-order valence-electron chi connectivity index (χ3n) is 9.90. The van der Waals surface area contributed by atoms with E-state index in [1.807, 2.05) is 0 Å². The van der Waals surface area contributed by atoms with Gasteiger partial charge in [-0.05, 0) is 36.4 Å². The molecule has 3 heterocycles. The fourth-order valence-corrected chi connectivity index (χ4v) is 9.19. The lowest BCUT2D eigenvalue weighted by Gasteiger charge is -2.42. The number of sulfonamides is 1. The normalized spacial score (nSPS) is 22.0. The lowest BCUT2D eigenvalue weighted by molar-refractivity contribution is -0.149. The molecule has 0 aliphatic carbocycles. The van der Waals surface area contributed by atoms with E-state index in [0.29, 0.717) is 38.6 Å². The van der Waals surface area contributed by atoms with Crippen LogP contribution < -0.4 is 18.5 Å². The Morgan fingerprint density at radius 2 is 1.66 bits per heavy atom. The first-order chi connectivity index (χ1) is 25.4. The Morgan fingerprint density at radius 1 is 0.943 bits per heavy atom. The maximum atomic E-state index is 15.6. The predicted molar refractivity (Wildman–Crippen MR) is 195 cm³/mol. The Morgan fingerprint density at radius 3 is 2.34 bits per heavy atom. The third kappa shape index (κ3) is 6.92. The smallest absolute Gasteiger partial charge is 0.307 e. The van der Waals surface area contributed by atoms with E-state index in [4.69, 9.17) is 35.3 Å². The van der Waals surface area contributed by atoms with Gasteiger partial charge in [0.2, 0.25) is 5.91 Å². The summed E-state index contributed by atoms with van der Waals surface area (Å²) in [6.07, 6.45) is -0.664. The summed E-state index contributed by atoms with van der Waals surface area (Å²) < 4.78 is 58.4. The van der Waals surface area contributed by atoms with E-state index >= 15 is 4.79 Å².